The quantitative estimate of drug-likeness (QED) is 0.486. The van der Waals surface area contributed by atoms with Gasteiger partial charge in [-0.05, 0) is 36.6 Å². The third-order valence-corrected chi connectivity index (χ3v) is 5.99. The fraction of sp³-hybridized carbons (Fsp3) is 0.333. The van der Waals surface area contributed by atoms with Crippen LogP contribution < -0.4 is 10.1 Å². The van der Waals surface area contributed by atoms with Crippen molar-refractivity contribution in [1.82, 2.24) is 15.0 Å². The summed E-state index contributed by atoms with van der Waals surface area (Å²) in [7, 11) is 1.38. The Morgan fingerprint density at radius 2 is 1.85 bits per heavy atom. The first-order chi connectivity index (χ1) is 16.2. The van der Waals surface area contributed by atoms with Gasteiger partial charge in [-0.3, -0.25) is 9.78 Å². The van der Waals surface area contributed by atoms with Crippen molar-refractivity contribution in [2.75, 3.05) is 12.4 Å². The topological polar surface area (TPSA) is 77.0 Å². The minimum Gasteiger partial charge on any atom is -0.467 e. The van der Waals surface area contributed by atoms with E-state index < -0.39 is 35.3 Å². The maximum absolute atomic E-state index is 14.7. The van der Waals surface area contributed by atoms with Gasteiger partial charge < -0.3 is 10.1 Å². The second kappa shape index (κ2) is 9.36. The van der Waals surface area contributed by atoms with E-state index in [2.05, 4.69) is 20.3 Å². The molecule has 1 aromatic carbocycles. The Kier molecular flexibility index (Phi) is 6.49. The van der Waals surface area contributed by atoms with Crippen molar-refractivity contribution in [3.05, 3.63) is 65.7 Å². The number of nitrogens with one attached hydrogen (secondary N) is 1. The molecule has 6 nitrogen and oxygen atoms in total. The Morgan fingerprint density at radius 1 is 1.12 bits per heavy atom. The molecule has 0 aliphatic heterocycles. The predicted molar refractivity (Wildman–Crippen MR) is 117 cm³/mol. The van der Waals surface area contributed by atoms with Gasteiger partial charge in [0.1, 0.15) is 11.6 Å². The summed E-state index contributed by atoms with van der Waals surface area (Å²) < 4.78 is 61.5. The van der Waals surface area contributed by atoms with Crippen molar-refractivity contribution < 1.29 is 27.1 Å². The number of aromatic nitrogens is 3. The number of ether oxygens (including phenoxy) is 1. The minimum atomic E-state index is -2.79. The van der Waals surface area contributed by atoms with Crippen LogP contribution >= 0.6 is 0 Å². The average molecular weight is 474 g/mol. The molecule has 2 heterocycles. The van der Waals surface area contributed by atoms with Crippen molar-refractivity contribution in [3.8, 4) is 17.1 Å². The van der Waals surface area contributed by atoms with Gasteiger partial charge in [-0.25, -0.2) is 27.5 Å². The molecule has 10 heteroatoms. The lowest BCUT2D eigenvalue weighted by atomic mass is 9.75. The number of hydrogen-bond donors (Lipinski definition) is 1. The van der Waals surface area contributed by atoms with E-state index in [4.69, 9.17) is 4.74 Å². The van der Waals surface area contributed by atoms with Gasteiger partial charge in [-0.1, -0.05) is 6.92 Å². The van der Waals surface area contributed by atoms with E-state index in [1.807, 2.05) is 0 Å². The molecule has 1 aliphatic carbocycles. The third kappa shape index (κ3) is 4.85. The van der Waals surface area contributed by atoms with Crippen LogP contribution in [0.3, 0.4) is 0 Å². The second-order valence-corrected chi connectivity index (χ2v) is 8.34. The number of halogens is 4. The number of nitrogens with zero attached hydrogens (tertiary/aromatic N) is 3. The summed E-state index contributed by atoms with van der Waals surface area (Å²) in [4.78, 5) is 25.2. The predicted octanol–water partition coefficient (Wildman–Crippen LogP) is 5.62. The number of carbonyl (C=O) groups is 1. The zero-order valence-electron chi connectivity index (χ0n) is 18.5. The van der Waals surface area contributed by atoms with E-state index in [1.165, 1.54) is 31.8 Å². The number of benzene rings is 1. The summed E-state index contributed by atoms with van der Waals surface area (Å²) in [5, 5.41) is 2.72. The van der Waals surface area contributed by atoms with Gasteiger partial charge in [0, 0.05) is 48.5 Å². The Hall–Kier alpha value is -3.56. The summed E-state index contributed by atoms with van der Waals surface area (Å²) in [6.07, 6.45) is 3.37. The zero-order chi connectivity index (χ0) is 24.5. The molecule has 1 fully saturated rings. The summed E-state index contributed by atoms with van der Waals surface area (Å²) >= 11 is 0. The van der Waals surface area contributed by atoms with E-state index in [0.29, 0.717) is 5.69 Å². The van der Waals surface area contributed by atoms with E-state index >= 15 is 0 Å². The van der Waals surface area contributed by atoms with Gasteiger partial charge in [0.2, 0.25) is 5.92 Å². The van der Waals surface area contributed by atoms with Crippen LogP contribution in [-0.4, -0.2) is 33.9 Å². The largest absolute Gasteiger partial charge is 0.467 e. The van der Waals surface area contributed by atoms with Crippen LogP contribution in [0.1, 0.15) is 48.2 Å². The lowest BCUT2D eigenvalue weighted by molar-refractivity contribution is -0.0558. The van der Waals surface area contributed by atoms with Crippen LogP contribution in [0.2, 0.25) is 0 Å². The van der Waals surface area contributed by atoms with Crippen molar-refractivity contribution in [2.45, 2.75) is 38.0 Å². The summed E-state index contributed by atoms with van der Waals surface area (Å²) in [6.45, 7) is 1.69. The molecule has 0 bridgehead atoms. The van der Waals surface area contributed by atoms with Gasteiger partial charge in [0.25, 0.3) is 5.91 Å². The first-order valence-electron chi connectivity index (χ1n) is 10.7. The van der Waals surface area contributed by atoms with Crippen LogP contribution in [0.15, 0.2) is 42.9 Å². The molecule has 1 saturated carbocycles. The number of alkyl halides is 2. The first kappa shape index (κ1) is 23.6. The number of carbonyl (C=O) groups excluding carboxylic acids is 1. The molecular formula is C24H22F4N4O2. The highest BCUT2D eigenvalue weighted by atomic mass is 19.3. The molecule has 2 aromatic heterocycles. The van der Waals surface area contributed by atoms with Crippen LogP contribution in [-0.2, 0) is 0 Å². The fourth-order valence-corrected chi connectivity index (χ4v) is 4.32. The normalized spacial score (nSPS) is 19.5. The van der Waals surface area contributed by atoms with Crippen molar-refractivity contribution in [1.29, 1.82) is 0 Å². The molecule has 3 aromatic rings. The van der Waals surface area contributed by atoms with Crippen LogP contribution in [0.5, 0.6) is 6.01 Å². The molecule has 1 aliphatic rings. The van der Waals surface area contributed by atoms with Crippen molar-refractivity contribution in [3.63, 3.8) is 0 Å². The molecule has 4 rings (SSSR count). The second-order valence-electron chi connectivity index (χ2n) is 8.34. The Morgan fingerprint density at radius 3 is 2.53 bits per heavy atom. The highest BCUT2D eigenvalue weighted by Crippen LogP contribution is 2.47. The van der Waals surface area contributed by atoms with Gasteiger partial charge in [0.15, 0.2) is 0 Å². The Bertz CT molecular complexity index is 1200. The molecule has 0 unspecified atom stereocenters. The molecular weight excluding hydrogens is 452 g/mol. The van der Waals surface area contributed by atoms with Gasteiger partial charge in [-0.15, -0.1) is 0 Å². The van der Waals surface area contributed by atoms with E-state index in [1.54, 1.807) is 6.92 Å². The molecule has 1 amide bonds. The van der Waals surface area contributed by atoms with E-state index in [0.717, 1.165) is 18.2 Å². The Labute approximate surface area is 193 Å². The van der Waals surface area contributed by atoms with Crippen molar-refractivity contribution in [2.24, 2.45) is 5.92 Å². The summed E-state index contributed by atoms with van der Waals surface area (Å²) in [5.41, 5.74) is 0.666. The highest BCUT2D eigenvalue weighted by Gasteiger charge is 2.41. The maximum atomic E-state index is 14.7. The molecule has 2 atom stereocenters. The van der Waals surface area contributed by atoms with Crippen LogP contribution in [0.25, 0.3) is 11.1 Å². The SMILES string of the molecule is COc1ncc(C(=O)Nc2c(-c3cc(F)ccc3F)ccnc2[C@H]2CCC(F)(F)C[C@@H]2C)cn1. The number of methoxy groups -OCH3 is 1. The monoisotopic (exact) mass is 474 g/mol. The molecule has 0 saturated heterocycles. The average Bonchev–Trinajstić information content (AvgIpc) is 2.80. The van der Waals surface area contributed by atoms with Gasteiger partial charge >= 0.3 is 6.01 Å². The fourth-order valence-electron chi connectivity index (χ4n) is 4.32. The summed E-state index contributed by atoms with van der Waals surface area (Å²) in [6, 6.07) is 4.50. The smallest absolute Gasteiger partial charge is 0.316 e. The van der Waals surface area contributed by atoms with Crippen LogP contribution in [0, 0.1) is 17.6 Å². The maximum Gasteiger partial charge on any atom is 0.316 e. The molecule has 34 heavy (non-hydrogen) atoms. The molecule has 0 radical (unpaired) electrons. The standard InChI is InChI=1S/C24H22F4N4O2/c1-13-10-24(27,28)7-5-16(13)20-21(32-22(33)14-11-30-23(34-2)31-12-14)17(6-8-29-20)18-9-15(25)3-4-19(18)26/h3-4,6,8-9,11-13,16H,5,7,10H2,1-2H3,(H,32,33)/t13-,16-/m0/s1. The number of anilines is 1. The molecule has 1 N–H and O–H groups in total. The van der Waals surface area contributed by atoms with E-state index in [-0.39, 0.29) is 47.7 Å². The zero-order valence-corrected chi connectivity index (χ0v) is 18.5. The Balaban J connectivity index is 1.80. The van der Waals surface area contributed by atoms with E-state index in [9.17, 15) is 22.4 Å². The lowest BCUT2D eigenvalue weighted by Gasteiger charge is -2.34. The number of hydrogen-bond acceptors (Lipinski definition) is 5. The van der Waals surface area contributed by atoms with Gasteiger partial charge in [0.05, 0.1) is 24.1 Å². The third-order valence-electron chi connectivity index (χ3n) is 5.99. The number of amides is 1. The van der Waals surface area contributed by atoms with Crippen LogP contribution in [0.4, 0.5) is 23.2 Å². The van der Waals surface area contributed by atoms with Crippen molar-refractivity contribution >= 4 is 11.6 Å². The summed E-state index contributed by atoms with van der Waals surface area (Å²) in [5.74, 6) is -5.65. The molecule has 0 spiro atoms. The number of pyridine rings is 1. The number of rotatable bonds is 5. The minimum absolute atomic E-state index is 0.0677. The van der Waals surface area contributed by atoms with Gasteiger partial charge in [-0.2, -0.15) is 0 Å². The highest BCUT2D eigenvalue weighted by molar-refractivity contribution is 6.06. The molecule has 178 valence electrons. The lowest BCUT2D eigenvalue weighted by Crippen LogP contribution is -2.31. The first-order valence-corrected chi connectivity index (χ1v) is 10.7.